The summed E-state index contributed by atoms with van der Waals surface area (Å²) in [4.78, 5) is 27.6. The van der Waals surface area contributed by atoms with Crippen LogP contribution in [0.25, 0.3) is 0 Å². The number of carbonyl (C=O) groups is 2. The predicted molar refractivity (Wildman–Crippen MR) is 83.7 cm³/mol. The van der Waals surface area contributed by atoms with Crippen LogP contribution in [0.1, 0.15) is 25.7 Å². The van der Waals surface area contributed by atoms with E-state index in [-0.39, 0.29) is 23.7 Å². The van der Waals surface area contributed by atoms with Gasteiger partial charge in [-0.05, 0) is 57.0 Å². The molecule has 1 aromatic rings. The number of likely N-dealkylation sites (tertiary alicyclic amines) is 1. The Kier molecular flexibility index (Phi) is 4.61. The highest BCUT2D eigenvalue weighted by molar-refractivity contribution is 5.97. The van der Waals surface area contributed by atoms with Crippen LogP contribution >= 0.6 is 0 Å². The second-order valence-corrected chi connectivity index (χ2v) is 6.28. The average Bonchev–Trinajstić information content (AvgIpc) is 2.55. The lowest BCUT2D eigenvalue weighted by atomic mass is 9.93. The van der Waals surface area contributed by atoms with Crippen molar-refractivity contribution in [3.8, 4) is 0 Å². The first-order valence-electron chi connectivity index (χ1n) is 8.10. The highest BCUT2D eigenvalue weighted by atomic mass is 19.1. The Bertz CT molecular complexity index is 599. The molecule has 0 saturated carbocycles. The maximum Gasteiger partial charge on any atom is 0.306 e. The van der Waals surface area contributed by atoms with Gasteiger partial charge in [-0.15, -0.1) is 0 Å². The van der Waals surface area contributed by atoms with Crippen LogP contribution in [0.5, 0.6) is 0 Å². The van der Waals surface area contributed by atoms with Gasteiger partial charge in [-0.25, -0.2) is 4.39 Å². The van der Waals surface area contributed by atoms with Gasteiger partial charge in [0.1, 0.15) is 5.82 Å². The second-order valence-electron chi connectivity index (χ2n) is 6.28. The molecule has 1 N–H and O–H groups in total. The van der Waals surface area contributed by atoms with E-state index < -0.39 is 5.97 Å². The van der Waals surface area contributed by atoms with Crippen molar-refractivity contribution in [3.05, 3.63) is 30.1 Å². The van der Waals surface area contributed by atoms with Gasteiger partial charge in [-0.3, -0.25) is 14.5 Å². The Balaban J connectivity index is 1.69. The maximum atomic E-state index is 13.4. The largest absolute Gasteiger partial charge is 0.481 e. The van der Waals surface area contributed by atoms with E-state index in [9.17, 15) is 14.0 Å². The van der Waals surface area contributed by atoms with E-state index in [1.165, 1.54) is 12.1 Å². The number of halogens is 1. The first-order valence-corrected chi connectivity index (χ1v) is 8.10. The summed E-state index contributed by atoms with van der Waals surface area (Å²) in [6.45, 7) is 1.86. The molecule has 2 aliphatic heterocycles. The van der Waals surface area contributed by atoms with Gasteiger partial charge in [0.2, 0.25) is 5.91 Å². The molecule has 1 aromatic carbocycles. The molecule has 0 radical (unpaired) electrons. The van der Waals surface area contributed by atoms with Crippen molar-refractivity contribution in [2.24, 2.45) is 5.92 Å². The Labute approximate surface area is 134 Å². The van der Waals surface area contributed by atoms with Gasteiger partial charge in [0, 0.05) is 12.2 Å². The Hall–Kier alpha value is -1.95. The minimum atomic E-state index is -0.749. The third-order valence-electron chi connectivity index (χ3n) is 4.85. The van der Waals surface area contributed by atoms with Gasteiger partial charge < -0.3 is 10.0 Å². The number of anilines is 1. The highest BCUT2D eigenvalue weighted by Crippen LogP contribution is 2.27. The summed E-state index contributed by atoms with van der Waals surface area (Å²) in [6, 6.07) is 5.89. The summed E-state index contributed by atoms with van der Waals surface area (Å²) in [5.41, 5.74) is 0.597. The quantitative estimate of drug-likeness (QED) is 0.927. The minimum Gasteiger partial charge on any atom is -0.481 e. The molecule has 1 unspecified atom stereocenters. The molecule has 1 amide bonds. The molecule has 0 spiro atoms. The first kappa shape index (κ1) is 15.9. The molecule has 2 aliphatic rings. The van der Waals surface area contributed by atoms with Crippen molar-refractivity contribution in [3.63, 3.8) is 0 Å². The van der Waals surface area contributed by atoms with Crippen molar-refractivity contribution in [1.82, 2.24) is 4.90 Å². The van der Waals surface area contributed by atoms with Crippen LogP contribution in [0, 0.1) is 11.7 Å². The van der Waals surface area contributed by atoms with E-state index in [0.29, 0.717) is 38.2 Å². The van der Waals surface area contributed by atoms with Crippen molar-refractivity contribution in [2.45, 2.75) is 31.7 Å². The van der Waals surface area contributed by atoms with Crippen molar-refractivity contribution >= 4 is 17.6 Å². The number of aliphatic carboxylic acids is 1. The van der Waals surface area contributed by atoms with Gasteiger partial charge in [-0.2, -0.15) is 0 Å². The number of carboxylic acid groups (broad SMARTS) is 1. The number of nitrogens with zero attached hydrogens (tertiary/aromatic N) is 2. The topological polar surface area (TPSA) is 60.9 Å². The fourth-order valence-electron chi connectivity index (χ4n) is 3.55. The van der Waals surface area contributed by atoms with Crippen molar-refractivity contribution in [2.75, 3.05) is 24.5 Å². The number of benzene rings is 1. The zero-order valence-electron chi connectivity index (χ0n) is 12.9. The number of piperidine rings is 2. The van der Waals surface area contributed by atoms with Crippen LogP contribution in [0.3, 0.4) is 0 Å². The fraction of sp³-hybridized carbons (Fsp3) is 0.529. The lowest BCUT2D eigenvalue weighted by molar-refractivity contribution is -0.143. The maximum absolute atomic E-state index is 13.4. The van der Waals surface area contributed by atoms with Crippen LogP contribution in [0.4, 0.5) is 10.1 Å². The van der Waals surface area contributed by atoms with E-state index in [2.05, 4.69) is 4.90 Å². The molecular formula is C17H21FN2O3. The average molecular weight is 320 g/mol. The van der Waals surface area contributed by atoms with Crippen LogP contribution < -0.4 is 4.90 Å². The fourth-order valence-corrected chi connectivity index (χ4v) is 3.55. The molecule has 0 aliphatic carbocycles. The van der Waals surface area contributed by atoms with Gasteiger partial charge in [-0.1, -0.05) is 6.07 Å². The highest BCUT2D eigenvalue weighted by Gasteiger charge is 2.36. The standard InChI is InChI=1S/C17H21FN2O3/c18-13-3-1-4-14(11-13)20-8-2-5-15(16(20)21)19-9-6-12(7-10-19)17(22)23/h1,3-4,11-12,15H,2,5-10H2,(H,22,23). The molecule has 2 saturated heterocycles. The third-order valence-corrected chi connectivity index (χ3v) is 4.85. The Morgan fingerprint density at radius 3 is 2.57 bits per heavy atom. The zero-order chi connectivity index (χ0) is 16.4. The number of carbonyl (C=O) groups excluding carboxylic acids is 1. The number of amides is 1. The third kappa shape index (κ3) is 3.37. The van der Waals surface area contributed by atoms with Crippen molar-refractivity contribution in [1.29, 1.82) is 0 Å². The molecule has 124 valence electrons. The molecule has 0 aromatic heterocycles. The molecule has 2 heterocycles. The summed E-state index contributed by atoms with van der Waals surface area (Å²) in [6.07, 6.45) is 2.81. The monoisotopic (exact) mass is 320 g/mol. The van der Waals surface area contributed by atoms with Gasteiger partial charge in [0.25, 0.3) is 0 Å². The number of rotatable bonds is 3. The summed E-state index contributed by atoms with van der Waals surface area (Å²) in [5, 5.41) is 9.07. The lowest BCUT2D eigenvalue weighted by Gasteiger charge is -2.41. The predicted octanol–water partition coefficient (Wildman–Crippen LogP) is 2.12. The van der Waals surface area contributed by atoms with Gasteiger partial charge >= 0.3 is 5.97 Å². The molecule has 23 heavy (non-hydrogen) atoms. The molecule has 6 heteroatoms. The second kappa shape index (κ2) is 6.66. The SMILES string of the molecule is O=C(O)C1CCN(C2CCCN(c3cccc(F)c3)C2=O)CC1. The number of carboxylic acids is 1. The van der Waals surface area contributed by atoms with E-state index in [0.717, 1.165) is 12.8 Å². The minimum absolute atomic E-state index is 0.00405. The van der Waals surface area contributed by atoms with Crippen LogP contribution in [0.2, 0.25) is 0 Å². The summed E-state index contributed by atoms with van der Waals surface area (Å²) < 4.78 is 13.4. The lowest BCUT2D eigenvalue weighted by Crippen LogP contribution is -2.54. The molecule has 3 rings (SSSR count). The molecule has 0 bridgehead atoms. The van der Waals surface area contributed by atoms with E-state index in [4.69, 9.17) is 5.11 Å². The summed E-state index contributed by atoms with van der Waals surface area (Å²) >= 11 is 0. The summed E-state index contributed by atoms with van der Waals surface area (Å²) in [5.74, 6) is -1.40. The number of hydrogen-bond donors (Lipinski definition) is 1. The van der Waals surface area contributed by atoms with E-state index >= 15 is 0 Å². The van der Waals surface area contributed by atoms with E-state index in [1.807, 2.05) is 0 Å². The van der Waals surface area contributed by atoms with Crippen LogP contribution in [0.15, 0.2) is 24.3 Å². The first-order chi connectivity index (χ1) is 11.1. The van der Waals surface area contributed by atoms with Crippen LogP contribution in [-0.4, -0.2) is 47.6 Å². The van der Waals surface area contributed by atoms with E-state index in [1.54, 1.807) is 17.0 Å². The number of hydrogen-bond acceptors (Lipinski definition) is 3. The van der Waals surface area contributed by atoms with Crippen molar-refractivity contribution < 1.29 is 19.1 Å². The smallest absolute Gasteiger partial charge is 0.306 e. The van der Waals surface area contributed by atoms with Crippen LogP contribution in [-0.2, 0) is 9.59 Å². The van der Waals surface area contributed by atoms with Gasteiger partial charge in [0.05, 0.1) is 12.0 Å². The molecule has 5 nitrogen and oxygen atoms in total. The normalized spacial score (nSPS) is 24.0. The molecule has 1 atom stereocenters. The zero-order valence-corrected chi connectivity index (χ0v) is 12.9. The molecule has 2 fully saturated rings. The molecular weight excluding hydrogens is 299 g/mol. The van der Waals surface area contributed by atoms with Gasteiger partial charge in [0.15, 0.2) is 0 Å². The Morgan fingerprint density at radius 2 is 1.91 bits per heavy atom. The summed E-state index contributed by atoms with van der Waals surface area (Å²) in [7, 11) is 0. The Morgan fingerprint density at radius 1 is 1.17 bits per heavy atom.